The maximum atomic E-state index is 12.8. The molecule has 148 valence electrons. The predicted molar refractivity (Wildman–Crippen MR) is 108 cm³/mol. The first-order valence-electron chi connectivity index (χ1n) is 9.29. The van der Waals surface area contributed by atoms with Gasteiger partial charge >= 0.3 is 0 Å². The van der Waals surface area contributed by atoms with Crippen molar-refractivity contribution >= 4 is 34.8 Å². The van der Waals surface area contributed by atoms with Crippen molar-refractivity contribution in [1.29, 1.82) is 0 Å². The molecule has 0 spiro atoms. The van der Waals surface area contributed by atoms with Crippen molar-refractivity contribution in [2.75, 3.05) is 26.2 Å². The minimum absolute atomic E-state index is 0.0588. The molecule has 0 unspecified atom stereocenters. The van der Waals surface area contributed by atoms with Gasteiger partial charge in [-0.25, -0.2) is 0 Å². The van der Waals surface area contributed by atoms with Crippen LogP contribution in [0.5, 0.6) is 0 Å². The van der Waals surface area contributed by atoms with Crippen LogP contribution in [0.15, 0.2) is 42.5 Å². The minimum atomic E-state index is -0.616. The molecule has 3 heterocycles. The third kappa shape index (κ3) is 4.38. The van der Waals surface area contributed by atoms with Crippen molar-refractivity contribution < 1.29 is 14.3 Å². The number of fused-ring (bicyclic) bond motifs is 1. The quantitative estimate of drug-likeness (QED) is 0.779. The van der Waals surface area contributed by atoms with Gasteiger partial charge in [0.1, 0.15) is 12.1 Å². The average Bonchev–Trinajstić information content (AvgIpc) is 3.11. The second-order valence-corrected chi connectivity index (χ2v) is 8.85. The van der Waals surface area contributed by atoms with E-state index in [0.717, 1.165) is 27.9 Å². The summed E-state index contributed by atoms with van der Waals surface area (Å²) in [6.45, 7) is 3.16. The Morgan fingerprint density at radius 1 is 1.14 bits per heavy atom. The van der Waals surface area contributed by atoms with Crippen LogP contribution in [-0.2, 0) is 27.5 Å². The normalized spacial score (nSPS) is 22.8. The third-order valence-corrected chi connectivity index (χ3v) is 6.29. The number of amides is 2. The minimum Gasteiger partial charge on any atom is -0.374 e. The number of ether oxygens (including phenoxy) is 1. The van der Waals surface area contributed by atoms with Crippen LogP contribution in [0.2, 0.25) is 4.34 Å². The molecule has 2 atom stereocenters. The third-order valence-electron chi connectivity index (χ3n) is 5.07. The Morgan fingerprint density at radius 2 is 1.96 bits per heavy atom. The number of nitrogens with one attached hydrogen (secondary N) is 1. The molecule has 2 aliphatic rings. The number of carbonyl (C=O) groups excluding carboxylic acids is 2. The molecule has 0 bridgehead atoms. The fourth-order valence-electron chi connectivity index (χ4n) is 3.64. The first-order chi connectivity index (χ1) is 13.6. The van der Waals surface area contributed by atoms with Crippen LogP contribution in [0.4, 0.5) is 0 Å². The number of carbonyl (C=O) groups is 2. The van der Waals surface area contributed by atoms with Gasteiger partial charge in [-0.05, 0) is 17.7 Å². The van der Waals surface area contributed by atoms with E-state index in [-0.39, 0.29) is 18.4 Å². The Morgan fingerprint density at radius 3 is 2.71 bits per heavy atom. The molecule has 2 fully saturated rings. The zero-order chi connectivity index (χ0) is 19.5. The molecule has 2 aliphatic heterocycles. The number of rotatable bonds is 6. The van der Waals surface area contributed by atoms with Crippen molar-refractivity contribution in [3.8, 4) is 0 Å². The van der Waals surface area contributed by atoms with Crippen LogP contribution in [0.3, 0.4) is 0 Å². The van der Waals surface area contributed by atoms with E-state index in [9.17, 15) is 9.59 Å². The largest absolute Gasteiger partial charge is 0.374 e. The van der Waals surface area contributed by atoms with E-state index in [4.69, 9.17) is 16.3 Å². The first kappa shape index (κ1) is 19.4. The summed E-state index contributed by atoms with van der Waals surface area (Å²) in [4.78, 5) is 30.5. The molecule has 1 aromatic heterocycles. The second kappa shape index (κ2) is 8.61. The summed E-state index contributed by atoms with van der Waals surface area (Å²) >= 11 is 7.54. The number of thiophene rings is 1. The Balaban J connectivity index is 1.32. The lowest BCUT2D eigenvalue weighted by molar-refractivity contribution is -0.155. The van der Waals surface area contributed by atoms with Crippen molar-refractivity contribution in [3.05, 3.63) is 57.2 Å². The number of piperazine rings is 2. The molecule has 0 saturated carbocycles. The van der Waals surface area contributed by atoms with Crippen molar-refractivity contribution in [2.24, 2.45) is 0 Å². The molecule has 6 nitrogen and oxygen atoms in total. The molecule has 28 heavy (non-hydrogen) atoms. The summed E-state index contributed by atoms with van der Waals surface area (Å²) in [7, 11) is 0. The monoisotopic (exact) mass is 419 g/mol. The highest BCUT2D eigenvalue weighted by atomic mass is 35.5. The van der Waals surface area contributed by atoms with Gasteiger partial charge in [0.25, 0.3) is 0 Å². The number of hydrogen-bond donors (Lipinski definition) is 1. The van der Waals surface area contributed by atoms with E-state index in [1.165, 1.54) is 0 Å². The number of nitrogens with zero attached hydrogens (tertiary/aromatic N) is 2. The molecule has 0 radical (unpaired) electrons. The van der Waals surface area contributed by atoms with Crippen LogP contribution in [-0.4, -0.2) is 59.9 Å². The van der Waals surface area contributed by atoms with E-state index < -0.39 is 12.1 Å². The van der Waals surface area contributed by atoms with Gasteiger partial charge in [0.15, 0.2) is 0 Å². The van der Waals surface area contributed by atoms with Gasteiger partial charge in [0, 0.05) is 31.1 Å². The predicted octanol–water partition coefficient (Wildman–Crippen LogP) is 2.13. The van der Waals surface area contributed by atoms with Crippen LogP contribution >= 0.6 is 22.9 Å². The fraction of sp³-hybridized carbons (Fsp3) is 0.400. The van der Waals surface area contributed by atoms with Crippen LogP contribution in [0.1, 0.15) is 10.4 Å². The van der Waals surface area contributed by atoms with Crippen molar-refractivity contribution in [1.82, 2.24) is 15.1 Å². The van der Waals surface area contributed by atoms with E-state index in [1.54, 1.807) is 16.2 Å². The number of halogens is 1. The van der Waals surface area contributed by atoms with E-state index in [2.05, 4.69) is 10.2 Å². The van der Waals surface area contributed by atoms with E-state index in [1.807, 2.05) is 42.5 Å². The molecule has 2 saturated heterocycles. The molecule has 1 aromatic carbocycles. The standard InChI is InChI=1S/C20H22ClN3O3S/c21-18-7-6-15(28-18)10-23-8-9-24-17(11-23)19(25)22-16(20(24)26)13-27-12-14-4-2-1-3-5-14/h1-7,16-17H,8-13H2,(H,22,25)/t16-,17+/m0/s1. The topological polar surface area (TPSA) is 61.9 Å². The zero-order valence-corrected chi connectivity index (χ0v) is 16.9. The van der Waals surface area contributed by atoms with Gasteiger partial charge in [-0.2, -0.15) is 0 Å². The lowest BCUT2D eigenvalue weighted by Gasteiger charge is -2.45. The summed E-state index contributed by atoms with van der Waals surface area (Å²) in [5.41, 5.74) is 1.04. The second-order valence-electron chi connectivity index (χ2n) is 7.05. The van der Waals surface area contributed by atoms with E-state index >= 15 is 0 Å². The smallest absolute Gasteiger partial charge is 0.248 e. The summed E-state index contributed by atoms with van der Waals surface area (Å²) in [6.07, 6.45) is 0. The van der Waals surface area contributed by atoms with Crippen LogP contribution in [0.25, 0.3) is 0 Å². The zero-order valence-electron chi connectivity index (χ0n) is 15.3. The summed E-state index contributed by atoms with van der Waals surface area (Å²) in [5.74, 6) is -0.168. The molecule has 4 rings (SSSR count). The molecule has 2 amide bonds. The van der Waals surface area contributed by atoms with Crippen molar-refractivity contribution in [3.63, 3.8) is 0 Å². The highest BCUT2D eigenvalue weighted by Gasteiger charge is 2.43. The summed E-state index contributed by atoms with van der Waals surface area (Å²) in [5, 5.41) is 2.84. The average molecular weight is 420 g/mol. The lowest BCUT2D eigenvalue weighted by atomic mass is 10.0. The molecule has 8 heteroatoms. The maximum absolute atomic E-state index is 12.8. The first-order valence-corrected chi connectivity index (χ1v) is 10.5. The van der Waals surface area contributed by atoms with Gasteiger partial charge in [-0.3, -0.25) is 14.5 Å². The molecular weight excluding hydrogens is 398 g/mol. The number of benzene rings is 1. The van der Waals surface area contributed by atoms with E-state index in [0.29, 0.717) is 19.7 Å². The summed E-state index contributed by atoms with van der Waals surface area (Å²) in [6, 6.07) is 12.6. The Labute approximate surface area is 173 Å². The number of hydrogen-bond acceptors (Lipinski definition) is 5. The fourth-order valence-corrected chi connectivity index (χ4v) is 4.77. The van der Waals surface area contributed by atoms with Gasteiger partial charge in [0.05, 0.1) is 17.6 Å². The maximum Gasteiger partial charge on any atom is 0.248 e. The highest BCUT2D eigenvalue weighted by molar-refractivity contribution is 7.16. The lowest BCUT2D eigenvalue weighted by Crippen LogP contribution is -2.69. The van der Waals surface area contributed by atoms with Crippen molar-refractivity contribution in [2.45, 2.75) is 25.2 Å². The van der Waals surface area contributed by atoms with Crippen LogP contribution in [0, 0.1) is 0 Å². The molecular formula is C20H22ClN3O3S. The Bertz CT molecular complexity index is 844. The Hall–Kier alpha value is -1.93. The Kier molecular flexibility index (Phi) is 5.96. The molecule has 1 N–H and O–H groups in total. The van der Waals surface area contributed by atoms with Crippen LogP contribution < -0.4 is 5.32 Å². The highest BCUT2D eigenvalue weighted by Crippen LogP contribution is 2.24. The summed E-state index contributed by atoms with van der Waals surface area (Å²) < 4.78 is 6.44. The SMILES string of the molecule is O=C1N[C@@H](COCc2ccccc2)C(=O)N2CCN(Cc3ccc(Cl)s3)C[C@H]12. The van der Waals surface area contributed by atoms with Gasteiger partial charge < -0.3 is 15.0 Å². The van der Waals surface area contributed by atoms with Gasteiger partial charge in [-0.15, -0.1) is 11.3 Å². The van der Waals surface area contributed by atoms with Gasteiger partial charge in [-0.1, -0.05) is 41.9 Å². The molecule has 2 aromatic rings. The van der Waals surface area contributed by atoms with Gasteiger partial charge in [0.2, 0.25) is 11.8 Å². The molecule has 0 aliphatic carbocycles.